The van der Waals surface area contributed by atoms with Crippen LogP contribution >= 0.6 is 23.1 Å². The van der Waals surface area contributed by atoms with Crippen LogP contribution in [0.4, 0.5) is 5.13 Å². The van der Waals surface area contributed by atoms with Gasteiger partial charge in [-0.15, -0.1) is 11.3 Å². The Bertz CT molecular complexity index is 391. The van der Waals surface area contributed by atoms with Gasteiger partial charge < -0.3 is 10.1 Å². The highest BCUT2D eigenvalue weighted by molar-refractivity contribution is 7.98. The second-order valence-electron chi connectivity index (χ2n) is 4.30. The molecular formula is C12H20N2O2S2. The number of nitrogens with zero attached hydrogens (tertiary/aromatic N) is 1. The van der Waals surface area contributed by atoms with Crippen molar-refractivity contribution in [2.24, 2.45) is 0 Å². The van der Waals surface area contributed by atoms with Crippen LogP contribution in [0.3, 0.4) is 0 Å². The van der Waals surface area contributed by atoms with Crippen LogP contribution in [-0.2, 0) is 14.9 Å². The summed E-state index contributed by atoms with van der Waals surface area (Å²) in [5, 5.41) is 6.02. The molecule has 0 saturated carbocycles. The van der Waals surface area contributed by atoms with E-state index in [2.05, 4.69) is 16.6 Å². The molecule has 0 atom stereocenters. The molecule has 0 aliphatic heterocycles. The van der Waals surface area contributed by atoms with E-state index in [1.807, 2.05) is 26.2 Å². The van der Waals surface area contributed by atoms with Crippen molar-refractivity contribution in [2.45, 2.75) is 26.2 Å². The molecule has 1 rings (SSSR count). The molecule has 0 saturated heterocycles. The Morgan fingerprint density at radius 3 is 2.94 bits per heavy atom. The van der Waals surface area contributed by atoms with E-state index in [4.69, 9.17) is 4.74 Å². The topological polar surface area (TPSA) is 51.2 Å². The molecule has 0 aromatic carbocycles. The Labute approximate surface area is 117 Å². The van der Waals surface area contributed by atoms with Crippen molar-refractivity contribution in [1.82, 2.24) is 4.98 Å². The molecule has 0 aliphatic carbocycles. The Hall–Kier alpha value is -0.750. The molecule has 4 nitrogen and oxygen atoms in total. The van der Waals surface area contributed by atoms with Crippen LogP contribution in [-0.4, -0.2) is 36.1 Å². The van der Waals surface area contributed by atoms with Gasteiger partial charge >= 0.3 is 5.97 Å². The van der Waals surface area contributed by atoms with Crippen molar-refractivity contribution in [3.63, 3.8) is 0 Å². The lowest BCUT2D eigenvalue weighted by molar-refractivity contribution is -0.148. The first kappa shape index (κ1) is 15.3. The third-order valence-corrected chi connectivity index (χ3v) is 3.93. The summed E-state index contributed by atoms with van der Waals surface area (Å²) in [5.41, 5.74) is 0.0731. The standard InChI is InChI=1S/C12H20N2O2S2/c1-5-16-10(15)12(2,3)9-8-18-11(14-9)13-6-7-17-4/h8H,5-7H2,1-4H3,(H,13,14). The lowest BCUT2D eigenvalue weighted by Gasteiger charge is -2.19. The van der Waals surface area contributed by atoms with Crippen LogP contribution in [0.1, 0.15) is 26.5 Å². The number of aromatic nitrogens is 1. The molecule has 6 heteroatoms. The first-order chi connectivity index (χ1) is 8.52. The van der Waals surface area contributed by atoms with Crippen LogP contribution in [0.5, 0.6) is 0 Å². The third kappa shape index (κ3) is 3.88. The fourth-order valence-corrected chi connectivity index (χ4v) is 2.53. The molecule has 1 aromatic heterocycles. The first-order valence-corrected chi connectivity index (χ1v) is 8.15. The number of carbonyl (C=O) groups is 1. The van der Waals surface area contributed by atoms with Crippen molar-refractivity contribution in [3.05, 3.63) is 11.1 Å². The number of hydrogen-bond acceptors (Lipinski definition) is 6. The fourth-order valence-electron chi connectivity index (χ4n) is 1.32. The van der Waals surface area contributed by atoms with Crippen molar-refractivity contribution in [1.29, 1.82) is 0 Å². The van der Waals surface area contributed by atoms with Gasteiger partial charge in [0, 0.05) is 17.7 Å². The SMILES string of the molecule is CCOC(=O)C(C)(C)c1csc(NCCSC)n1. The largest absolute Gasteiger partial charge is 0.465 e. The molecule has 18 heavy (non-hydrogen) atoms. The predicted molar refractivity (Wildman–Crippen MR) is 78.6 cm³/mol. The highest BCUT2D eigenvalue weighted by atomic mass is 32.2. The van der Waals surface area contributed by atoms with E-state index < -0.39 is 5.41 Å². The molecule has 0 bridgehead atoms. The molecule has 0 spiro atoms. The minimum atomic E-state index is -0.689. The average Bonchev–Trinajstić information content (AvgIpc) is 2.79. The summed E-state index contributed by atoms with van der Waals surface area (Å²) in [6.07, 6.45) is 2.07. The number of anilines is 1. The molecular weight excluding hydrogens is 268 g/mol. The van der Waals surface area contributed by atoms with E-state index >= 15 is 0 Å². The lowest BCUT2D eigenvalue weighted by Crippen LogP contribution is -2.31. The maximum absolute atomic E-state index is 11.9. The summed E-state index contributed by atoms with van der Waals surface area (Å²) in [7, 11) is 0. The molecule has 0 radical (unpaired) electrons. The Morgan fingerprint density at radius 1 is 1.61 bits per heavy atom. The number of rotatable bonds is 7. The average molecular weight is 288 g/mol. The van der Waals surface area contributed by atoms with Gasteiger partial charge in [-0.2, -0.15) is 11.8 Å². The summed E-state index contributed by atoms with van der Waals surface area (Å²) in [4.78, 5) is 16.3. The van der Waals surface area contributed by atoms with Crippen LogP contribution in [0.25, 0.3) is 0 Å². The molecule has 1 heterocycles. The van der Waals surface area contributed by atoms with Gasteiger partial charge in [0.2, 0.25) is 0 Å². The Balaban J connectivity index is 2.68. The van der Waals surface area contributed by atoms with E-state index in [1.54, 1.807) is 11.8 Å². The van der Waals surface area contributed by atoms with Gasteiger partial charge in [-0.1, -0.05) is 0 Å². The van der Waals surface area contributed by atoms with Crippen LogP contribution in [0, 0.1) is 0 Å². The van der Waals surface area contributed by atoms with Crippen LogP contribution in [0.2, 0.25) is 0 Å². The van der Waals surface area contributed by atoms with Crippen molar-refractivity contribution in [2.75, 3.05) is 30.5 Å². The van der Waals surface area contributed by atoms with Gasteiger partial charge in [0.05, 0.1) is 12.3 Å². The summed E-state index contributed by atoms with van der Waals surface area (Å²) in [6, 6.07) is 0. The van der Waals surface area contributed by atoms with E-state index in [1.165, 1.54) is 11.3 Å². The first-order valence-electron chi connectivity index (χ1n) is 5.88. The van der Waals surface area contributed by atoms with Gasteiger partial charge in [0.25, 0.3) is 0 Å². The number of carbonyl (C=O) groups excluding carboxylic acids is 1. The fraction of sp³-hybridized carbons (Fsp3) is 0.667. The predicted octanol–water partition coefficient (Wildman–Crippen LogP) is 2.76. The van der Waals surface area contributed by atoms with E-state index in [-0.39, 0.29) is 5.97 Å². The summed E-state index contributed by atoms with van der Waals surface area (Å²) >= 11 is 3.31. The number of ether oxygens (including phenoxy) is 1. The monoisotopic (exact) mass is 288 g/mol. The molecule has 0 fully saturated rings. The van der Waals surface area contributed by atoms with Crippen molar-refractivity contribution < 1.29 is 9.53 Å². The zero-order chi connectivity index (χ0) is 13.6. The van der Waals surface area contributed by atoms with E-state index in [0.29, 0.717) is 6.61 Å². The molecule has 0 aliphatic rings. The van der Waals surface area contributed by atoms with Crippen molar-refractivity contribution in [3.8, 4) is 0 Å². The second kappa shape index (κ2) is 6.99. The minimum Gasteiger partial charge on any atom is -0.465 e. The molecule has 1 N–H and O–H groups in total. The minimum absolute atomic E-state index is 0.231. The normalized spacial score (nSPS) is 11.3. The molecule has 102 valence electrons. The zero-order valence-corrected chi connectivity index (χ0v) is 12.9. The second-order valence-corrected chi connectivity index (χ2v) is 6.15. The van der Waals surface area contributed by atoms with Gasteiger partial charge in [-0.05, 0) is 27.0 Å². The smallest absolute Gasteiger partial charge is 0.317 e. The Kier molecular flexibility index (Phi) is 5.95. The number of thioether (sulfide) groups is 1. The van der Waals surface area contributed by atoms with Crippen molar-refractivity contribution >= 4 is 34.2 Å². The number of thiazole rings is 1. The number of hydrogen-bond donors (Lipinski definition) is 1. The van der Waals surface area contributed by atoms with Gasteiger partial charge in [0.15, 0.2) is 5.13 Å². The van der Waals surface area contributed by atoms with Crippen LogP contribution in [0.15, 0.2) is 5.38 Å². The quantitative estimate of drug-likeness (QED) is 0.617. The van der Waals surface area contributed by atoms with Gasteiger partial charge in [0.1, 0.15) is 5.41 Å². The Morgan fingerprint density at radius 2 is 2.33 bits per heavy atom. The third-order valence-electron chi connectivity index (χ3n) is 2.51. The highest BCUT2D eigenvalue weighted by Crippen LogP contribution is 2.28. The summed E-state index contributed by atoms with van der Waals surface area (Å²) in [5.74, 6) is 0.807. The lowest BCUT2D eigenvalue weighted by atomic mass is 9.90. The van der Waals surface area contributed by atoms with Gasteiger partial charge in [-0.3, -0.25) is 4.79 Å². The maximum Gasteiger partial charge on any atom is 0.317 e. The zero-order valence-electron chi connectivity index (χ0n) is 11.3. The number of nitrogens with one attached hydrogen (secondary N) is 1. The highest BCUT2D eigenvalue weighted by Gasteiger charge is 2.33. The van der Waals surface area contributed by atoms with Crippen LogP contribution < -0.4 is 5.32 Å². The molecule has 0 unspecified atom stereocenters. The maximum atomic E-state index is 11.9. The number of esters is 1. The van der Waals surface area contributed by atoms with E-state index in [9.17, 15) is 4.79 Å². The summed E-state index contributed by atoms with van der Waals surface area (Å²) < 4.78 is 5.07. The molecule has 0 amide bonds. The van der Waals surface area contributed by atoms with Gasteiger partial charge in [-0.25, -0.2) is 4.98 Å². The summed E-state index contributed by atoms with van der Waals surface area (Å²) in [6.45, 7) is 6.76. The van der Waals surface area contributed by atoms with E-state index in [0.717, 1.165) is 23.1 Å². The molecule has 1 aromatic rings.